The van der Waals surface area contributed by atoms with E-state index in [1.54, 1.807) is 0 Å². The van der Waals surface area contributed by atoms with Crippen molar-refractivity contribution in [3.8, 4) is 0 Å². The summed E-state index contributed by atoms with van der Waals surface area (Å²) < 4.78 is 0. The quantitative estimate of drug-likeness (QED) is 0.706. The molecule has 0 radical (unpaired) electrons. The standard InChI is InChI=1S/C12H25NO/c1-5-11(14)13(4)12-9(2)7-6-8-10(12)3/h9-12,14H,5-8H2,1-4H3. The van der Waals surface area contributed by atoms with Gasteiger partial charge in [-0.25, -0.2) is 0 Å². The largest absolute Gasteiger partial charge is 0.378 e. The van der Waals surface area contributed by atoms with Crippen molar-refractivity contribution in [1.82, 2.24) is 4.90 Å². The molecule has 1 saturated carbocycles. The van der Waals surface area contributed by atoms with E-state index in [2.05, 4.69) is 25.8 Å². The Labute approximate surface area is 88.3 Å². The molecule has 0 aromatic carbocycles. The molecule has 1 fully saturated rings. The van der Waals surface area contributed by atoms with Crippen LogP contribution in [0.25, 0.3) is 0 Å². The molecule has 2 heteroatoms. The Morgan fingerprint density at radius 2 is 1.79 bits per heavy atom. The van der Waals surface area contributed by atoms with Crippen molar-refractivity contribution in [3.05, 3.63) is 0 Å². The maximum absolute atomic E-state index is 9.84. The predicted octanol–water partition coefficient (Wildman–Crippen LogP) is 2.47. The fourth-order valence-electron chi connectivity index (χ4n) is 2.95. The van der Waals surface area contributed by atoms with E-state index in [-0.39, 0.29) is 6.23 Å². The second-order valence-corrected chi connectivity index (χ2v) is 4.93. The van der Waals surface area contributed by atoms with E-state index in [1.165, 1.54) is 19.3 Å². The van der Waals surface area contributed by atoms with Crippen LogP contribution in [-0.2, 0) is 0 Å². The van der Waals surface area contributed by atoms with Gasteiger partial charge < -0.3 is 5.11 Å². The summed E-state index contributed by atoms with van der Waals surface area (Å²) in [6.07, 6.45) is 4.55. The molecule has 0 amide bonds. The van der Waals surface area contributed by atoms with Crippen molar-refractivity contribution in [2.24, 2.45) is 11.8 Å². The molecule has 1 rings (SSSR count). The monoisotopic (exact) mass is 199 g/mol. The second kappa shape index (κ2) is 5.13. The third kappa shape index (κ3) is 2.48. The predicted molar refractivity (Wildman–Crippen MR) is 60.0 cm³/mol. The van der Waals surface area contributed by atoms with Gasteiger partial charge in [0.05, 0.1) is 0 Å². The molecule has 1 N–H and O–H groups in total. The van der Waals surface area contributed by atoms with E-state index in [9.17, 15) is 5.11 Å². The van der Waals surface area contributed by atoms with Crippen LogP contribution in [0.5, 0.6) is 0 Å². The number of hydrogen-bond donors (Lipinski definition) is 1. The van der Waals surface area contributed by atoms with Gasteiger partial charge in [-0.05, 0) is 38.1 Å². The number of aliphatic hydroxyl groups is 1. The Morgan fingerprint density at radius 3 is 2.21 bits per heavy atom. The lowest BCUT2D eigenvalue weighted by atomic mass is 9.78. The van der Waals surface area contributed by atoms with Crippen molar-refractivity contribution in [3.63, 3.8) is 0 Å². The topological polar surface area (TPSA) is 23.5 Å². The number of hydrogen-bond acceptors (Lipinski definition) is 2. The van der Waals surface area contributed by atoms with Gasteiger partial charge in [0.25, 0.3) is 0 Å². The summed E-state index contributed by atoms with van der Waals surface area (Å²) in [6.45, 7) is 6.68. The van der Waals surface area contributed by atoms with Crippen LogP contribution in [0.3, 0.4) is 0 Å². The first-order chi connectivity index (χ1) is 6.57. The van der Waals surface area contributed by atoms with Gasteiger partial charge in [0, 0.05) is 6.04 Å². The van der Waals surface area contributed by atoms with Gasteiger partial charge in [-0.1, -0.05) is 27.2 Å². The Morgan fingerprint density at radius 1 is 1.29 bits per heavy atom. The Balaban J connectivity index is 2.62. The van der Waals surface area contributed by atoms with Crippen LogP contribution in [-0.4, -0.2) is 29.3 Å². The molecule has 0 bridgehead atoms. The highest BCUT2D eigenvalue weighted by Crippen LogP contribution is 2.32. The zero-order chi connectivity index (χ0) is 10.7. The fourth-order valence-corrected chi connectivity index (χ4v) is 2.95. The van der Waals surface area contributed by atoms with Crippen LogP contribution >= 0.6 is 0 Å². The van der Waals surface area contributed by atoms with E-state index in [0.717, 1.165) is 18.3 Å². The molecule has 0 aliphatic heterocycles. The highest BCUT2D eigenvalue weighted by Gasteiger charge is 2.32. The summed E-state index contributed by atoms with van der Waals surface area (Å²) in [5.74, 6) is 1.45. The fraction of sp³-hybridized carbons (Fsp3) is 1.00. The molecule has 1 aliphatic carbocycles. The third-order valence-corrected chi connectivity index (χ3v) is 3.79. The van der Waals surface area contributed by atoms with E-state index < -0.39 is 0 Å². The molecule has 2 nitrogen and oxygen atoms in total. The zero-order valence-corrected chi connectivity index (χ0v) is 10.0. The lowest BCUT2D eigenvalue weighted by Crippen LogP contribution is -2.48. The molecule has 0 heterocycles. The van der Waals surface area contributed by atoms with Gasteiger partial charge in [0.2, 0.25) is 0 Å². The summed E-state index contributed by atoms with van der Waals surface area (Å²) >= 11 is 0. The van der Waals surface area contributed by atoms with E-state index in [0.29, 0.717) is 6.04 Å². The summed E-state index contributed by atoms with van der Waals surface area (Å²) in [4.78, 5) is 2.18. The number of rotatable bonds is 3. The average Bonchev–Trinajstić information content (AvgIpc) is 2.16. The van der Waals surface area contributed by atoms with Crippen molar-refractivity contribution < 1.29 is 5.11 Å². The highest BCUT2D eigenvalue weighted by atomic mass is 16.3. The molecule has 84 valence electrons. The molecule has 0 spiro atoms. The van der Waals surface area contributed by atoms with Crippen molar-refractivity contribution in [2.45, 2.75) is 58.7 Å². The Bertz CT molecular complexity index is 162. The molecule has 0 saturated heterocycles. The minimum Gasteiger partial charge on any atom is -0.378 e. The first-order valence-electron chi connectivity index (χ1n) is 5.98. The third-order valence-electron chi connectivity index (χ3n) is 3.79. The van der Waals surface area contributed by atoms with Crippen LogP contribution in [0, 0.1) is 11.8 Å². The molecular formula is C12H25NO. The van der Waals surface area contributed by atoms with E-state index >= 15 is 0 Å². The van der Waals surface area contributed by atoms with Gasteiger partial charge in [-0.3, -0.25) is 4.90 Å². The average molecular weight is 199 g/mol. The lowest BCUT2D eigenvalue weighted by Gasteiger charge is -2.42. The van der Waals surface area contributed by atoms with Crippen LogP contribution in [0.1, 0.15) is 46.5 Å². The van der Waals surface area contributed by atoms with Crippen LogP contribution in [0.15, 0.2) is 0 Å². The highest BCUT2D eigenvalue weighted by molar-refractivity contribution is 4.84. The minimum absolute atomic E-state index is 0.261. The van der Waals surface area contributed by atoms with Crippen molar-refractivity contribution >= 4 is 0 Å². The minimum atomic E-state index is -0.261. The zero-order valence-electron chi connectivity index (χ0n) is 10.0. The van der Waals surface area contributed by atoms with Crippen LogP contribution in [0.4, 0.5) is 0 Å². The van der Waals surface area contributed by atoms with Crippen LogP contribution in [0.2, 0.25) is 0 Å². The lowest BCUT2D eigenvalue weighted by molar-refractivity contribution is -0.0488. The van der Waals surface area contributed by atoms with Crippen molar-refractivity contribution in [1.29, 1.82) is 0 Å². The van der Waals surface area contributed by atoms with Crippen LogP contribution < -0.4 is 0 Å². The molecule has 0 aromatic heterocycles. The molecule has 3 atom stereocenters. The normalized spacial score (nSPS) is 36.0. The molecule has 0 aromatic rings. The van der Waals surface area contributed by atoms with Crippen molar-refractivity contribution in [2.75, 3.05) is 7.05 Å². The maximum Gasteiger partial charge on any atom is 0.107 e. The number of aliphatic hydroxyl groups excluding tert-OH is 1. The summed E-state index contributed by atoms with van der Waals surface area (Å²) in [6, 6.07) is 0.568. The van der Waals surface area contributed by atoms with Gasteiger partial charge in [0.1, 0.15) is 6.23 Å². The number of nitrogens with zero attached hydrogens (tertiary/aromatic N) is 1. The van der Waals surface area contributed by atoms with E-state index in [4.69, 9.17) is 0 Å². The summed E-state index contributed by atoms with van der Waals surface area (Å²) in [5, 5.41) is 9.84. The van der Waals surface area contributed by atoms with Gasteiger partial charge in [0.15, 0.2) is 0 Å². The van der Waals surface area contributed by atoms with Gasteiger partial charge in [-0.15, -0.1) is 0 Å². The Hall–Kier alpha value is -0.0800. The summed E-state index contributed by atoms with van der Waals surface area (Å²) in [5.41, 5.74) is 0. The second-order valence-electron chi connectivity index (χ2n) is 4.93. The smallest absolute Gasteiger partial charge is 0.107 e. The molecular weight excluding hydrogens is 174 g/mol. The Kier molecular flexibility index (Phi) is 4.39. The SMILES string of the molecule is CCC(O)N(C)C1C(C)CCCC1C. The first kappa shape index (κ1) is 12.0. The van der Waals surface area contributed by atoms with E-state index in [1.807, 2.05) is 6.92 Å². The summed E-state index contributed by atoms with van der Waals surface area (Å²) in [7, 11) is 2.07. The van der Waals surface area contributed by atoms with Gasteiger partial charge in [-0.2, -0.15) is 0 Å². The molecule has 1 aliphatic rings. The first-order valence-corrected chi connectivity index (χ1v) is 5.98. The van der Waals surface area contributed by atoms with Gasteiger partial charge >= 0.3 is 0 Å². The molecule has 14 heavy (non-hydrogen) atoms. The maximum atomic E-state index is 9.84. The molecule has 3 unspecified atom stereocenters.